The van der Waals surface area contributed by atoms with Crippen molar-refractivity contribution in [1.29, 1.82) is 0 Å². The molecule has 13 heteroatoms. The van der Waals surface area contributed by atoms with Gasteiger partial charge in [-0.25, -0.2) is 9.97 Å². The van der Waals surface area contributed by atoms with Crippen LogP contribution in [0, 0.1) is 11.8 Å². The van der Waals surface area contributed by atoms with Crippen molar-refractivity contribution in [2.75, 3.05) is 78.5 Å². The van der Waals surface area contributed by atoms with Crippen LogP contribution >= 0.6 is 13.5 Å². The maximum atomic E-state index is 9.34. The van der Waals surface area contributed by atoms with E-state index in [1.165, 1.54) is 74.1 Å². The van der Waals surface area contributed by atoms with E-state index < -0.39 is 0 Å². The third-order valence-electron chi connectivity index (χ3n) is 14.5. The number of benzene rings is 4. The highest BCUT2D eigenvalue weighted by Gasteiger charge is 2.22. The molecule has 2 aromatic heterocycles. The molecule has 12 rings (SSSR count). The van der Waals surface area contributed by atoms with E-state index >= 15 is 0 Å². The van der Waals surface area contributed by atoms with Crippen LogP contribution in [0.15, 0.2) is 159 Å². The molecule has 4 aromatic carbocycles. The number of hydrogen-bond acceptors (Lipinski definition) is 10. The molecular formula is C62H96N10O2S. The zero-order valence-corrected chi connectivity index (χ0v) is 45.0. The van der Waals surface area contributed by atoms with Crippen LogP contribution in [0.4, 0.5) is 0 Å². The quantitative estimate of drug-likeness (QED) is 0.106. The lowest BCUT2D eigenvalue weighted by Crippen LogP contribution is -2.21. The summed E-state index contributed by atoms with van der Waals surface area (Å²) in [6.45, 7) is 22.1. The van der Waals surface area contributed by atoms with E-state index in [0.717, 1.165) is 103 Å². The van der Waals surface area contributed by atoms with Crippen LogP contribution in [0.1, 0.15) is 102 Å². The Bertz CT molecular complexity index is 1970. The van der Waals surface area contributed by atoms with Crippen molar-refractivity contribution in [2.45, 2.75) is 118 Å². The van der Waals surface area contributed by atoms with Crippen LogP contribution < -0.4 is 10.6 Å². The number of nitrogens with one attached hydrogen (secondary N) is 2. The molecule has 6 aliphatic heterocycles. The first-order chi connectivity index (χ1) is 35.3. The normalized spacial score (nSPS) is 23.1. The number of β-amino-alcohol motifs (C(OH)–C–C–N with tert-alkyl or cyclic N) is 2. The summed E-state index contributed by atoms with van der Waals surface area (Å²) in [5.41, 5.74) is 5.54. The first-order valence-electron chi connectivity index (χ1n) is 27.1. The van der Waals surface area contributed by atoms with Crippen molar-refractivity contribution in [3.63, 3.8) is 0 Å². The van der Waals surface area contributed by atoms with Crippen LogP contribution in [-0.4, -0.2) is 140 Å². The fraction of sp³-hybridized carbons (Fsp3) is 0.516. The lowest BCUT2D eigenvalue weighted by Gasteiger charge is -2.14. The Morgan fingerprint density at radius 2 is 0.747 bits per heavy atom. The maximum absolute atomic E-state index is 9.34. The summed E-state index contributed by atoms with van der Waals surface area (Å²) in [4.78, 5) is 17.7. The Kier molecular flexibility index (Phi) is 29.9. The molecule has 6 saturated heterocycles. The Morgan fingerprint density at radius 3 is 0.973 bits per heavy atom. The molecule has 0 radical (unpaired) electrons. The first-order valence-corrected chi connectivity index (χ1v) is 27.1. The number of hydrogen-bond donors (Lipinski definition) is 4. The highest BCUT2D eigenvalue weighted by Crippen LogP contribution is 2.20. The summed E-state index contributed by atoms with van der Waals surface area (Å²) in [5, 5.41) is 25.3. The second-order valence-electron chi connectivity index (χ2n) is 20.9. The molecular weight excluding hydrogens is 949 g/mol. The molecule has 6 aromatic rings. The van der Waals surface area contributed by atoms with Crippen molar-refractivity contribution in [1.82, 2.24) is 49.3 Å². The number of nitrogens with zero attached hydrogens (tertiary/aromatic N) is 8. The van der Waals surface area contributed by atoms with Gasteiger partial charge in [0.05, 0.1) is 24.9 Å². The Balaban J connectivity index is 0.000000194. The van der Waals surface area contributed by atoms with Crippen molar-refractivity contribution < 1.29 is 10.2 Å². The molecule has 75 heavy (non-hydrogen) atoms. The summed E-state index contributed by atoms with van der Waals surface area (Å²) in [6.07, 6.45) is 18.3. The van der Waals surface area contributed by atoms with Crippen molar-refractivity contribution in [3.8, 4) is 0 Å². The average molecular weight is 1050 g/mol. The fourth-order valence-corrected chi connectivity index (χ4v) is 10.4. The predicted octanol–water partition coefficient (Wildman–Crippen LogP) is 9.78. The molecule has 412 valence electrons. The molecule has 6 aliphatic rings. The van der Waals surface area contributed by atoms with Crippen LogP contribution in [0.25, 0.3) is 0 Å². The van der Waals surface area contributed by atoms with E-state index in [0.29, 0.717) is 12.1 Å². The average Bonchev–Trinajstić information content (AvgIpc) is 4.25. The van der Waals surface area contributed by atoms with Gasteiger partial charge < -0.3 is 30.0 Å². The third kappa shape index (κ3) is 23.6. The van der Waals surface area contributed by atoms with Crippen molar-refractivity contribution in [3.05, 3.63) is 181 Å². The van der Waals surface area contributed by atoms with Gasteiger partial charge in [0, 0.05) is 115 Å². The molecule has 0 unspecified atom stereocenters. The van der Waals surface area contributed by atoms with Crippen LogP contribution in [0.5, 0.6) is 0 Å². The number of imidazole rings is 2. The first kappa shape index (κ1) is 62.9. The summed E-state index contributed by atoms with van der Waals surface area (Å²) in [6, 6.07) is 43.6. The summed E-state index contributed by atoms with van der Waals surface area (Å²) >= 11 is 0. The summed E-state index contributed by atoms with van der Waals surface area (Å²) < 4.78 is 4.33. The summed E-state index contributed by atoms with van der Waals surface area (Å²) in [7, 11) is 0. The SMILES string of the molecule is C.C.C[C@@H]1CCN(Cc2ccccc2)C1.C[C@H]1CCN(Cc2ccccc2)C1.O[C@@H]1CCN(Cc2ccccc2)C1.O[C@H]1CCN(Cc2ccccc2)C1.S.c1cn([C@@H]2CCNC2)cn1.c1cn([C@H]2CCNC2)cn1. The molecule has 0 spiro atoms. The Hall–Kier alpha value is -4.67. The van der Waals surface area contributed by atoms with E-state index in [9.17, 15) is 10.2 Å². The molecule has 12 nitrogen and oxygen atoms in total. The predicted molar refractivity (Wildman–Crippen MR) is 317 cm³/mol. The Morgan fingerprint density at radius 1 is 0.440 bits per heavy atom. The molecule has 0 aliphatic carbocycles. The monoisotopic (exact) mass is 1040 g/mol. The second kappa shape index (κ2) is 35.6. The zero-order chi connectivity index (χ0) is 50.0. The molecule has 4 N–H and O–H groups in total. The molecule has 6 atom stereocenters. The number of aromatic nitrogens is 4. The number of rotatable bonds is 10. The van der Waals surface area contributed by atoms with E-state index in [4.69, 9.17) is 0 Å². The van der Waals surface area contributed by atoms with Gasteiger partial charge >= 0.3 is 0 Å². The minimum absolute atomic E-state index is 0. The molecule has 8 heterocycles. The van der Waals surface area contributed by atoms with Crippen molar-refractivity contribution in [2.24, 2.45) is 11.8 Å². The highest BCUT2D eigenvalue weighted by molar-refractivity contribution is 7.59. The zero-order valence-electron chi connectivity index (χ0n) is 44.0. The van der Waals surface area contributed by atoms with Gasteiger partial charge in [-0.3, -0.25) is 19.6 Å². The second-order valence-corrected chi connectivity index (χ2v) is 20.9. The van der Waals surface area contributed by atoms with Gasteiger partial charge in [-0.05, 0) is 98.8 Å². The van der Waals surface area contributed by atoms with Crippen molar-refractivity contribution >= 4 is 13.5 Å². The molecule has 0 saturated carbocycles. The third-order valence-corrected chi connectivity index (χ3v) is 14.5. The van der Waals surface area contributed by atoms with E-state index in [1.54, 1.807) is 0 Å². The Labute approximate surface area is 460 Å². The van der Waals surface area contributed by atoms with Gasteiger partial charge in [0.1, 0.15) is 0 Å². The number of aliphatic hydroxyl groups is 2. The minimum Gasteiger partial charge on any atom is -0.392 e. The molecule has 6 fully saturated rings. The van der Waals surface area contributed by atoms with Crippen LogP contribution in [0.2, 0.25) is 0 Å². The number of likely N-dealkylation sites (tertiary alicyclic amines) is 4. The molecule has 0 amide bonds. The highest BCUT2D eigenvalue weighted by atomic mass is 32.1. The fourth-order valence-electron chi connectivity index (χ4n) is 10.4. The lowest BCUT2D eigenvalue weighted by molar-refractivity contribution is 0.174. The van der Waals surface area contributed by atoms with Gasteiger partial charge in [-0.1, -0.05) is 150 Å². The minimum atomic E-state index is -0.108. The number of aliphatic hydroxyl groups excluding tert-OH is 2. The lowest BCUT2D eigenvalue weighted by atomic mass is 10.2. The van der Waals surface area contributed by atoms with Crippen LogP contribution in [0.3, 0.4) is 0 Å². The topological polar surface area (TPSA) is 113 Å². The van der Waals surface area contributed by atoms with Gasteiger partial charge in [-0.15, -0.1) is 0 Å². The summed E-state index contributed by atoms with van der Waals surface area (Å²) in [5.74, 6) is 1.78. The van der Waals surface area contributed by atoms with Gasteiger partial charge in [-0.2, -0.15) is 13.5 Å². The van der Waals surface area contributed by atoms with E-state index in [2.05, 4.69) is 172 Å². The molecule has 0 bridgehead atoms. The van der Waals surface area contributed by atoms with Gasteiger partial charge in [0.2, 0.25) is 0 Å². The van der Waals surface area contributed by atoms with E-state index in [1.807, 2.05) is 49.6 Å². The van der Waals surface area contributed by atoms with Gasteiger partial charge in [0.15, 0.2) is 0 Å². The van der Waals surface area contributed by atoms with E-state index in [-0.39, 0.29) is 40.6 Å². The maximum Gasteiger partial charge on any atom is 0.0948 e. The smallest absolute Gasteiger partial charge is 0.0948 e. The van der Waals surface area contributed by atoms with Crippen LogP contribution in [-0.2, 0) is 26.2 Å². The van der Waals surface area contributed by atoms with Gasteiger partial charge in [0.25, 0.3) is 0 Å². The largest absolute Gasteiger partial charge is 0.392 e. The standard InChI is InChI=1S/2C12H17N.2C11H15NO.2C7H11N3.2CH4.H2S/c2*1-11-7-8-13(9-11)10-12-5-3-2-4-6-12;2*13-11-6-7-12(9-11)8-10-4-2-1-3-5-10;2*1-2-8-5-7(1)10-4-3-9-6-10;;;/h2*2-6,11H,7-10H2,1H3;2*1-5,11,13H,6-9H2;2*3-4,6-8H,1-2,5H2;2*1H4;1H2/t4*11-;2*7-;;;/m101010.../s1.